The highest BCUT2D eigenvalue weighted by atomic mass is 19.4. The smallest absolute Gasteiger partial charge is 0.379 e. The van der Waals surface area contributed by atoms with Gasteiger partial charge < -0.3 is 19.3 Å². The van der Waals surface area contributed by atoms with Crippen LogP contribution < -0.4 is 4.90 Å². The molecule has 0 radical (unpaired) electrons. The Morgan fingerprint density at radius 3 is 2.73 bits per heavy atom. The molecule has 1 aromatic rings. The number of hydrogen-bond acceptors (Lipinski definition) is 5. The van der Waals surface area contributed by atoms with E-state index in [9.17, 15) is 26.7 Å². The van der Waals surface area contributed by atoms with Gasteiger partial charge in [0.15, 0.2) is 0 Å². The molecule has 37 heavy (non-hydrogen) atoms. The minimum absolute atomic E-state index is 0.0145. The fraction of sp³-hybridized carbons (Fsp3) is 0.769. The number of likely N-dealkylation sites (tertiary alicyclic amines) is 1. The number of anilines is 1. The van der Waals surface area contributed by atoms with Crippen LogP contribution in [0.3, 0.4) is 0 Å². The lowest BCUT2D eigenvalue weighted by molar-refractivity contribution is -0.146. The summed E-state index contributed by atoms with van der Waals surface area (Å²) in [5.74, 6) is 0.489. The quantitative estimate of drug-likeness (QED) is 0.475. The maximum absolute atomic E-state index is 13.8. The van der Waals surface area contributed by atoms with Gasteiger partial charge in [0.1, 0.15) is 11.5 Å². The highest BCUT2D eigenvalue weighted by molar-refractivity contribution is 5.84. The number of rotatable bonds is 7. The molecule has 1 amide bonds. The van der Waals surface area contributed by atoms with Gasteiger partial charge in [0, 0.05) is 33.2 Å². The molecule has 0 unspecified atom stereocenters. The number of methoxy groups -OCH3 is 1. The first-order valence-corrected chi connectivity index (χ1v) is 13.1. The normalized spacial score (nSPS) is 34.1. The van der Waals surface area contributed by atoms with Gasteiger partial charge in [0.2, 0.25) is 12.3 Å². The molecule has 4 fully saturated rings. The summed E-state index contributed by atoms with van der Waals surface area (Å²) in [7, 11) is 1.66. The van der Waals surface area contributed by atoms with Crippen molar-refractivity contribution >= 4 is 11.7 Å². The number of piperazine rings is 1. The van der Waals surface area contributed by atoms with Gasteiger partial charge in [-0.2, -0.15) is 13.2 Å². The predicted octanol–water partition coefficient (Wildman–Crippen LogP) is 4.77. The predicted molar refractivity (Wildman–Crippen MR) is 125 cm³/mol. The van der Waals surface area contributed by atoms with Gasteiger partial charge in [-0.3, -0.25) is 4.79 Å². The van der Waals surface area contributed by atoms with Crippen molar-refractivity contribution in [3.05, 3.63) is 23.9 Å². The second kappa shape index (κ2) is 10.3. The number of alkyl halides is 5. The van der Waals surface area contributed by atoms with E-state index in [1.54, 1.807) is 18.1 Å². The number of halogens is 5. The van der Waals surface area contributed by atoms with Crippen molar-refractivity contribution in [3.8, 4) is 0 Å². The van der Waals surface area contributed by atoms with Crippen molar-refractivity contribution < 1.29 is 36.2 Å². The average Bonchev–Trinajstić information content (AvgIpc) is 3.58. The van der Waals surface area contributed by atoms with Crippen molar-refractivity contribution in [1.82, 2.24) is 9.88 Å². The molecule has 3 saturated heterocycles. The van der Waals surface area contributed by atoms with Crippen LogP contribution in [0, 0.1) is 17.3 Å². The Morgan fingerprint density at radius 1 is 1.24 bits per heavy atom. The first-order valence-electron chi connectivity index (χ1n) is 13.1. The van der Waals surface area contributed by atoms with Crippen LogP contribution in [-0.2, 0) is 20.4 Å². The van der Waals surface area contributed by atoms with E-state index in [1.165, 1.54) is 6.07 Å². The van der Waals surface area contributed by atoms with Crippen LogP contribution in [0.15, 0.2) is 18.2 Å². The molecule has 4 aliphatic rings. The summed E-state index contributed by atoms with van der Waals surface area (Å²) < 4.78 is 78.1. The summed E-state index contributed by atoms with van der Waals surface area (Å²) in [5.41, 5.74) is -2.04. The number of ether oxygens (including phenoxy) is 2. The van der Waals surface area contributed by atoms with Gasteiger partial charge in [0.05, 0.1) is 30.2 Å². The lowest BCUT2D eigenvalue weighted by Gasteiger charge is -2.40. The Balaban J connectivity index is 1.27. The number of carbonyl (C=O) groups excluding carboxylic acids is 1. The van der Waals surface area contributed by atoms with Gasteiger partial charge in [-0.1, -0.05) is 6.07 Å². The first kappa shape index (κ1) is 26.6. The summed E-state index contributed by atoms with van der Waals surface area (Å²) >= 11 is 0. The number of carbonyl (C=O) groups is 1. The number of aromatic nitrogens is 1. The zero-order valence-electron chi connectivity index (χ0n) is 20.9. The standard InChI is InChI=1S/C26H34F5N3O3/c1-36-20-15-37-8-6-17(20)9-16-5-7-25(11-16,12-22(27)28)24(35)34-14-18-10-19(34)13-33(18)23-4-2-3-21(32-23)26(29,30)31/h2-4,16-20,22H,5-15H2,1H3/t16-,17-,18+,19+,20-,25+/m1/s1. The molecule has 11 heteroatoms. The van der Waals surface area contributed by atoms with Gasteiger partial charge in [-0.05, 0) is 62.5 Å². The fourth-order valence-corrected chi connectivity index (χ4v) is 7.16. The number of pyridine rings is 1. The number of amides is 1. The number of nitrogens with zero attached hydrogens (tertiary/aromatic N) is 3. The Labute approximate surface area is 213 Å². The van der Waals surface area contributed by atoms with E-state index in [4.69, 9.17) is 9.47 Å². The highest BCUT2D eigenvalue weighted by Gasteiger charge is 2.54. The van der Waals surface area contributed by atoms with E-state index in [1.807, 2.05) is 4.90 Å². The van der Waals surface area contributed by atoms with Crippen molar-refractivity contribution in [2.45, 2.75) is 75.7 Å². The zero-order chi connectivity index (χ0) is 26.4. The maximum Gasteiger partial charge on any atom is 0.433 e. The summed E-state index contributed by atoms with van der Waals surface area (Å²) in [4.78, 5) is 21.2. The molecule has 1 saturated carbocycles. The molecule has 0 aromatic carbocycles. The number of fused-ring (bicyclic) bond motifs is 2. The Morgan fingerprint density at radius 2 is 2.05 bits per heavy atom. The molecule has 6 atom stereocenters. The van der Waals surface area contributed by atoms with Gasteiger partial charge in [-0.25, -0.2) is 13.8 Å². The fourth-order valence-electron chi connectivity index (χ4n) is 7.16. The second-order valence-electron chi connectivity index (χ2n) is 11.1. The van der Waals surface area contributed by atoms with E-state index in [0.29, 0.717) is 45.6 Å². The Bertz CT molecular complexity index is 979. The molecule has 1 aliphatic carbocycles. The van der Waals surface area contributed by atoms with Crippen LogP contribution in [0.1, 0.15) is 50.6 Å². The first-order chi connectivity index (χ1) is 17.6. The number of hydrogen-bond donors (Lipinski definition) is 0. The minimum atomic E-state index is -4.54. The molecular weight excluding hydrogens is 497 g/mol. The largest absolute Gasteiger partial charge is 0.433 e. The van der Waals surface area contributed by atoms with Crippen molar-refractivity contribution in [1.29, 1.82) is 0 Å². The molecule has 0 spiro atoms. The lowest BCUT2D eigenvalue weighted by Crippen LogP contribution is -2.53. The monoisotopic (exact) mass is 531 g/mol. The molecule has 4 heterocycles. The zero-order valence-corrected chi connectivity index (χ0v) is 20.9. The summed E-state index contributed by atoms with van der Waals surface area (Å²) in [6.45, 7) is 1.87. The molecule has 5 rings (SSSR count). The Kier molecular flexibility index (Phi) is 7.39. The third-order valence-corrected chi connectivity index (χ3v) is 8.91. The van der Waals surface area contributed by atoms with E-state index in [2.05, 4.69) is 4.98 Å². The molecule has 2 bridgehead atoms. The van der Waals surface area contributed by atoms with Crippen LogP contribution in [0.5, 0.6) is 0 Å². The lowest BCUT2D eigenvalue weighted by atomic mass is 9.78. The topological polar surface area (TPSA) is 54.9 Å². The Hall–Kier alpha value is -2.01. The minimum Gasteiger partial charge on any atom is -0.379 e. The van der Waals surface area contributed by atoms with Crippen LogP contribution in [0.25, 0.3) is 0 Å². The molecular formula is C26H34F5N3O3. The van der Waals surface area contributed by atoms with E-state index in [0.717, 1.165) is 25.3 Å². The highest BCUT2D eigenvalue weighted by Crippen LogP contribution is 2.51. The van der Waals surface area contributed by atoms with Crippen LogP contribution >= 0.6 is 0 Å². The SMILES string of the molecule is CO[C@@H]1COCC[C@@H]1C[C@H]1CC[C@](CC(F)F)(C(=O)N2C[C@@H]3C[C@H]2CN3c2cccc(C(F)(F)F)n2)C1. The van der Waals surface area contributed by atoms with Crippen molar-refractivity contribution in [2.75, 3.05) is 38.3 Å². The van der Waals surface area contributed by atoms with E-state index in [-0.39, 0.29) is 41.7 Å². The van der Waals surface area contributed by atoms with E-state index >= 15 is 0 Å². The van der Waals surface area contributed by atoms with Crippen molar-refractivity contribution in [2.24, 2.45) is 17.3 Å². The molecule has 0 N–H and O–H groups in total. The van der Waals surface area contributed by atoms with Crippen LogP contribution in [-0.4, -0.2) is 73.8 Å². The molecule has 3 aliphatic heterocycles. The summed E-state index contributed by atoms with van der Waals surface area (Å²) in [6, 6.07) is 3.44. The second-order valence-corrected chi connectivity index (χ2v) is 11.1. The summed E-state index contributed by atoms with van der Waals surface area (Å²) in [5, 5.41) is 0. The molecule has 206 valence electrons. The molecule has 6 nitrogen and oxygen atoms in total. The third-order valence-electron chi connectivity index (χ3n) is 8.91. The van der Waals surface area contributed by atoms with E-state index < -0.39 is 30.1 Å². The van der Waals surface area contributed by atoms with Gasteiger partial charge >= 0.3 is 6.18 Å². The average molecular weight is 532 g/mol. The molecule has 1 aromatic heterocycles. The van der Waals surface area contributed by atoms with Gasteiger partial charge in [-0.15, -0.1) is 0 Å². The maximum atomic E-state index is 13.8. The van der Waals surface area contributed by atoms with Gasteiger partial charge in [0.25, 0.3) is 0 Å². The van der Waals surface area contributed by atoms with Crippen LogP contribution in [0.2, 0.25) is 0 Å². The van der Waals surface area contributed by atoms with Crippen molar-refractivity contribution in [3.63, 3.8) is 0 Å². The third kappa shape index (κ3) is 5.30. The van der Waals surface area contributed by atoms with Crippen LogP contribution in [0.4, 0.5) is 27.8 Å². The summed E-state index contributed by atoms with van der Waals surface area (Å²) in [6.07, 6.45) is -3.67.